The summed E-state index contributed by atoms with van der Waals surface area (Å²) in [5.41, 5.74) is -1.54. The maximum Gasteiger partial charge on any atom is 0.419 e. The monoisotopic (exact) mass is 229 g/mol. The van der Waals surface area contributed by atoms with Gasteiger partial charge in [-0.15, -0.1) is 0 Å². The van der Waals surface area contributed by atoms with Crippen molar-refractivity contribution in [3.05, 3.63) is 28.0 Å². The van der Waals surface area contributed by atoms with Crippen LogP contribution in [0.2, 0.25) is 0 Å². The number of hydrogen-bond donors (Lipinski definition) is 1. The number of nitrogens with zero attached hydrogens (tertiary/aromatic N) is 2. The third-order valence-corrected chi connectivity index (χ3v) is 2.35. The largest absolute Gasteiger partial charge is 0.419 e. The molecule has 7 heteroatoms. The van der Waals surface area contributed by atoms with Crippen molar-refractivity contribution in [1.82, 2.24) is 4.57 Å². The Morgan fingerprint density at radius 1 is 1.50 bits per heavy atom. The molecule has 0 saturated carbocycles. The first kappa shape index (κ1) is 10.5. The number of hydrogen-bond acceptors (Lipinski definition) is 3. The Morgan fingerprint density at radius 3 is 2.75 bits per heavy atom. The van der Waals surface area contributed by atoms with Crippen molar-refractivity contribution in [2.45, 2.75) is 12.2 Å². The fraction of sp³-hybridized carbons (Fsp3) is 0.333. The van der Waals surface area contributed by atoms with E-state index in [0.29, 0.717) is 0 Å². The van der Waals surface area contributed by atoms with Crippen molar-refractivity contribution < 1.29 is 13.2 Å². The lowest BCUT2D eigenvalue weighted by Gasteiger charge is -2.12. The molecule has 0 fully saturated rings. The van der Waals surface area contributed by atoms with E-state index in [0.717, 1.165) is 16.7 Å². The minimum atomic E-state index is -4.54. The summed E-state index contributed by atoms with van der Waals surface area (Å²) in [5.74, 6) is -0.327. The zero-order valence-electron chi connectivity index (χ0n) is 7.88. The number of rotatable bonds is 0. The standard InChI is InChI=1S/C9H6F3N3O/c10-9(11,12)6-1-2-7(16)15-5(3-13)4-14-8(6)15/h1-2,5,14H,4H2. The summed E-state index contributed by atoms with van der Waals surface area (Å²) in [5, 5.41) is 11.1. The first-order valence-electron chi connectivity index (χ1n) is 4.41. The van der Waals surface area contributed by atoms with Gasteiger partial charge >= 0.3 is 6.18 Å². The molecule has 1 atom stereocenters. The van der Waals surface area contributed by atoms with Crippen molar-refractivity contribution in [2.75, 3.05) is 11.9 Å². The SMILES string of the molecule is N#CC1CNc2c(C(F)(F)F)ccc(=O)n21. The Balaban J connectivity index is 2.69. The summed E-state index contributed by atoms with van der Waals surface area (Å²) in [6, 6.07) is 2.43. The normalized spacial score (nSPS) is 18.8. The lowest BCUT2D eigenvalue weighted by atomic mass is 10.2. The molecule has 4 nitrogen and oxygen atoms in total. The molecule has 0 amide bonds. The lowest BCUT2D eigenvalue weighted by molar-refractivity contribution is -0.137. The van der Waals surface area contributed by atoms with E-state index >= 15 is 0 Å². The molecule has 1 N–H and O–H groups in total. The number of nitriles is 1. The van der Waals surface area contributed by atoms with Crippen molar-refractivity contribution >= 4 is 5.82 Å². The van der Waals surface area contributed by atoms with Gasteiger partial charge in [-0.05, 0) is 6.07 Å². The first-order valence-corrected chi connectivity index (χ1v) is 4.41. The van der Waals surface area contributed by atoms with Gasteiger partial charge in [0.1, 0.15) is 11.9 Å². The second-order valence-corrected chi connectivity index (χ2v) is 3.33. The van der Waals surface area contributed by atoms with Crippen molar-refractivity contribution in [3.8, 4) is 6.07 Å². The molecular formula is C9H6F3N3O. The molecule has 1 aliphatic heterocycles. The Bertz CT molecular complexity index is 526. The summed E-state index contributed by atoms with van der Waals surface area (Å²) < 4.78 is 38.5. The van der Waals surface area contributed by atoms with E-state index in [9.17, 15) is 18.0 Å². The van der Waals surface area contributed by atoms with E-state index in [1.807, 2.05) is 0 Å². The van der Waals surface area contributed by atoms with Crippen LogP contribution in [-0.4, -0.2) is 11.1 Å². The number of aromatic nitrogens is 1. The second-order valence-electron chi connectivity index (χ2n) is 3.33. The van der Waals surface area contributed by atoms with Crippen LogP contribution in [0.25, 0.3) is 0 Å². The topological polar surface area (TPSA) is 57.8 Å². The minimum absolute atomic E-state index is 0.0127. The van der Waals surface area contributed by atoms with Gasteiger partial charge < -0.3 is 5.32 Å². The molecule has 2 rings (SSSR count). The molecule has 0 aromatic carbocycles. The average Bonchev–Trinajstić information content (AvgIpc) is 2.60. The molecule has 0 aliphatic carbocycles. The van der Waals surface area contributed by atoms with Gasteiger partial charge in [0.2, 0.25) is 0 Å². The molecule has 1 aromatic heterocycles. The molecule has 1 unspecified atom stereocenters. The summed E-state index contributed by atoms with van der Waals surface area (Å²) in [6.07, 6.45) is -4.54. The number of alkyl halides is 3. The molecule has 2 heterocycles. The van der Waals surface area contributed by atoms with Crippen LogP contribution in [0.3, 0.4) is 0 Å². The maximum absolute atomic E-state index is 12.6. The van der Waals surface area contributed by atoms with Gasteiger partial charge in [-0.25, -0.2) is 0 Å². The number of halogens is 3. The maximum atomic E-state index is 12.6. The van der Waals surface area contributed by atoms with Crippen LogP contribution in [-0.2, 0) is 6.18 Å². The molecule has 1 aliphatic rings. The Hall–Kier alpha value is -1.97. The van der Waals surface area contributed by atoms with Gasteiger partial charge in [-0.2, -0.15) is 18.4 Å². The number of anilines is 1. The van der Waals surface area contributed by atoms with Crippen LogP contribution in [0.5, 0.6) is 0 Å². The fourth-order valence-corrected chi connectivity index (χ4v) is 1.66. The molecule has 0 radical (unpaired) electrons. The van der Waals surface area contributed by atoms with Gasteiger partial charge in [0.15, 0.2) is 0 Å². The highest BCUT2D eigenvalue weighted by Gasteiger charge is 2.38. The van der Waals surface area contributed by atoms with Gasteiger partial charge in [0, 0.05) is 6.07 Å². The van der Waals surface area contributed by atoms with Gasteiger partial charge in [0.25, 0.3) is 5.56 Å². The van der Waals surface area contributed by atoms with E-state index < -0.39 is 23.3 Å². The molecule has 0 bridgehead atoms. The molecule has 16 heavy (non-hydrogen) atoms. The van der Waals surface area contributed by atoms with Crippen LogP contribution >= 0.6 is 0 Å². The highest BCUT2D eigenvalue weighted by atomic mass is 19.4. The highest BCUT2D eigenvalue weighted by Crippen LogP contribution is 2.36. The van der Waals surface area contributed by atoms with Crippen LogP contribution in [0, 0.1) is 11.3 Å². The minimum Gasteiger partial charge on any atom is -0.368 e. The summed E-state index contributed by atoms with van der Waals surface area (Å²) in [7, 11) is 0. The molecule has 0 saturated heterocycles. The van der Waals surface area contributed by atoms with Gasteiger partial charge in [-0.1, -0.05) is 0 Å². The first-order chi connectivity index (χ1) is 7.45. The van der Waals surface area contributed by atoms with E-state index in [2.05, 4.69) is 5.32 Å². The van der Waals surface area contributed by atoms with Crippen LogP contribution in [0.1, 0.15) is 11.6 Å². The Labute approximate surface area is 87.9 Å². The summed E-state index contributed by atoms with van der Waals surface area (Å²) in [6.45, 7) is 0.0127. The van der Waals surface area contributed by atoms with Crippen LogP contribution < -0.4 is 10.9 Å². The zero-order chi connectivity index (χ0) is 11.9. The van der Waals surface area contributed by atoms with E-state index in [-0.39, 0.29) is 12.4 Å². The quantitative estimate of drug-likeness (QED) is 0.730. The van der Waals surface area contributed by atoms with Crippen molar-refractivity contribution in [1.29, 1.82) is 5.26 Å². The third-order valence-electron chi connectivity index (χ3n) is 2.35. The smallest absolute Gasteiger partial charge is 0.368 e. The zero-order valence-corrected chi connectivity index (χ0v) is 7.88. The van der Waals surface area contributed by atoms with E-state index in [1.54, 1.807) is 6.07 Å². The van der Waals surface area contributed by atoms with E-state index in [4.69, 9.17) is 5.26 Å². The fourth-order valence-electron chi connectivity index (χ4n) is 1.66. The van der Waals surface area contributed by atoms with Crippen molar-refractivity contribution in [3.63, 3.8) is 0 Å². The predicted molar refractivity (Wildman–Crippen MR) is 48.8 cm³/mol. The Morgan fingerprint density at radius 2 is 2.19 bits per heavy atom. The summed E-state index contributed by atoms with van der Waals surface area (Å²) >= 11 is 0. The van der Waals surface area contributed by atoms with Crippen LogP contribution in [0.15, 0.2) is 16.9 Å². The van der Waals surface area contributed by atoms with Crippen molar-refractivity contribution in [2.24, 2.45) is 0 Å². The lowest BCUT2D eigenvalue weighted by Crippen LogP contribution is -2.22. The number of fused-ring (bicyclic) bond motifs is 1. The molecular weight excluding hydrogens is 223 g/mol. The number of pyridine rings is 1. The number of nitrogens with one attached hydrogen (secondary N) is 1. The van der Waals surface area contributed by atoms with E-state index in [1.165, 1.54) is 0 Å². The Kier molecular flexibility index (Phi) is 2.15. The van der Waals surface area contributed by atoms with Crippen LogP contribution in [0.4, 0.5) is 19.0 Å². The highest BCUT2D eigenvalue weighted by molar-refractivity contribution is 5.51. The molecule has 1 aromatic rings. The van der Waals surface area contributed by atoms with Gasteiger partial charge in [0.05, 0.1) is 18.2 Å². The molecule has 84 valence electrons. The second kappa shape index (κ2) is 3.27. The van der Waals surface area contributed by atoms with Gasteiger partial charge in [-0.3, -0.25) is 9.36 Å². The predicted octanol–water partition coefficient (Wildman–Crippen LogP) is 1.36. The molecule has 0 spiro atoms. The third kappa shape index (κ3) is 1.43. The summed E-state index contributed by atoms with van der Waals surface area (Å²) in [4.78, 5) is 11.4. The average molecular weight is 229 g/mol.